The van der Waals surface area contributed by atoms with Crippen LogP contribution in [0.2, 0.25) is 0 Å². The predicted molar refractivity (Wildman–Crippen MR) is 108 cm³/mol. The van der Waals surface area contributed by atoms with E-state index < -0.39 is 6.09 Å². The Bertz CT molecular complexity index is 811. The van der Waals surface area contributed by atoms with Crippen molar-refractivity contribution in [2.45, 2.75) is 50.5 Å². The Balaban J connectivity index is 1.46. The van der Waals surface area contributed by atoms with Crippen molar-refractivity contribution in [2.75, 3.05) is 12.4 Å². The van der Waals surface area contributed by atoms with E-state index in [0.717, 1.165) is 24.8 Å². The first-order chi connectivity index (χ1) is 13.6. The maximum atomic E-state index is 13.7. The molecule has 28 heavy (non-hydrogen) atoms. The quantitative estimate of drug-likeness (QED) is 0.713. The molecule has 0 unspecified atom stereocenters. The Morgan fingerprint density at radius 2 is 2.18 bits per heavy atom. The Labute approximate surface area is 168 Å². The smallest absolute Gasteiger partial charge is 0.411 e. The summed E-state index contributed by atoms with van der Waals surface area (Å²) in [6.45, 7) is 2.14. The summed E-state index contributed by atoms with van der Waals surface area (Å²) in [7, 11) is 1.92. The zero-order valence-corrected chi connectivity index (χ0v) is 16.8. The zero-order chi connectivity index (χ0) is 19.7. The molecule has 1 saturated heterocycles. The molecular weight excluding hydrogens is 379 g/mol. The molecule has 0 spiro atoms. The second-order valence-corrected chi connectivity index (χ2v) is 8.23. The lowest BCUT2D eigenvalue weighted by atomic mass is 9.96. The molecule has 1 amide bonds. The van der Waals surface area contributed by atoms with Crippen molar-refractivity contribution in [1.29, 1.82) is 0 Å². The number of hydrogen-bond acceptors (Lipinski definition) is 5. The number of ether oxygens (including phenoxy) is 2. The van der Waals surface area contributed by atoms with Crippen LogP contribution in [0.3, 0.4) is 0 Å². The van der Waals surface area contributed by atoms with Crippen molar-refractivity contribution >= 4 is 23.1 Å². The monoisotopic (exact) mass is 404 g/mol. The number of amides is 1. The second-order valence-electron chi connectivity index (χ2n) is 7.45. The van der Waals surface area contributed by atoms with Crippen LogP contribution < -0.4 is 10.6 Å². The van der Waals surface area contributed by atoms with E-state index in [9.17, 15) is 9.18 Å². The number of benzene rings is 1. The number of thiophene rings is 1. The summed E-state index contributed by atoms with van der Waals surface area (Å²) < 4.78 is 25.3. The van der Waals surface area contributed by atoms with Gasteiger partial charge in [0.1, 0.15) is 11.9 Å². The zero-order valence-electron chi connectivity index (χ0n) is 16.0. The van der Waals surface area contributed by atoms with E-state index in [0.29, 0.717) is 17.2 Å². The topological polar surface area (TPSA) is 62.9 Å². The molecule has 2 heterocycles. The number of nitrogens with one attached hydrogen (secondary N) is 2. The lowest BCUT2D eigenvalue weighted by Crippen LogP contribution is -2.35. The highest BCUT2D eigenvalue weighted by Crippen LogP contribution is 2.41. The molecule has 7 heteroatoms. The van der Waals surface area contributed by atoms with E-state index in [-0.39, 0.29) is 30.2 Å². The van der Waals surface area contributed by atoms with Gasteiger partial charge >= 0.3 is 6.09 Å². The highest BCUT2D eigenvalue weighted by atomic mass is 32.1. The summed E-state index contributed by atoms with van der Waals surface area (Å²) >= 11 is 1.52. The fraction of sp³-hybridized carbons (Fsp3) is 0.476. The molecule has 1 aliphatic heterocycles. The molecule has 5 atom stereocenters. The molecule has 1 saturated carbocycles. The highest BCUT2D eigenvalue weighted by molar-refractivity contribution is 7.08. The summed E-state index contributed by atoms with van der Waals surface area (Å²) in [5.74, 6) is 0.0547. The molecule has 5 nitrogen and oxygen atoms in total. The summed E-state index contributed by atoms with van der Waals surface area (Å²) in [6, 6.07) is 6.43. The number of carbonyl (C=O) groups excluding carboxylic acids is 1. The van der Waals surface area contributed by atoms with Gasteiger partial charge in [-0.1, -0.05) is 13.3 Å². The number of fused-ring (bicyclic) bond motifs is 1. The van der Waals surface area contributed by atoms with Crippen LogP contribution in [0.1, 0.15) is 26.2 Å². The van der Waals surface area contributed by atoms with E-state index >= 15 is 0 Å². The molecule has 2 fully saturated rings. The number of epoxide rings is 1. The molecule has 1 aromatic heterocycles. The number of rotatable bonds is 5. The Morgan fingerprint density at radius 1 is 1.32 bits per heavy atom. The van der Waals surface area contributed by atoms with Crippen molar-refractivity contribution in [3.8, 4) is 11.1 Å². The van der Waals surface area contributed by atoms with Crippen molar-refractivity contribution < 1.29 is 18.7 Å². The van der Waals surface area contributed by atoms with Gasteiger partial charge in [-0.25, -0.2) is 9.18 Å². The minimum atomic E-state index is -0.505. The van der Waals surface area contributed by atoms with Gasteiger partial charge in [-0.2, -0.15) is 11.3 Å². The summed E-state index contributed by atoms with van der Waals surface area (Å²) in [5, 5.41) is 9.94. The van der Waals surface area contributed by atoms with Crippen LogP contribution in [0.4, 0.5) is 14.9 Å². The van der Waals surface area contributed by atoms with E-state index in [4.69, 9.17) is 9.47 Å². The molecule has 0 bridgehead atoms. The second kappa shape index (κ2) is 8.19. The Morgan fingerprint density at radius 3 is 2.89 bits per heavy atom. The third-order valence-electron chi connectivity index (χ3n) is 5.72. The van der Waals surface area contributed by atoms with E-state index in [1.165, 1.54) is 23.5 Å². The Hall–Kier alpha value is -1.96. The maximum Gasteiger partial charge on any atom is 0.411 e. The SMILES string of the molecule is CC[C@H]1C[C@H](OC(=O)Nc2ccc(F)cc2-c2ccsc2)C[C@@H](NC)[C@H]2O[C@@H]12. The molecule has 150 valence electrons. The fourth-order valence-corrected chi connectivity index (χ4v) is 4.83. The van der Waals surface area contributed by atoms with Gasteiger partial charge in [0, 0.05) is 18.0 Å². The average Bonchev–Trinajstić information content (AvgIpc) is 3.30. The third-order valence-corrected chi connectivity index (χ3v) is 6.41. The number of anilines is 1. The molecule has 2 aliphatic rings. The first-order valence-corrected chi connectivity index (χ1v) is 10.7. The highest BCUT2D eigenvalue weighted by Gasteiger charge is 2.52. The Kier molecular flexibility index (Phi) is 5.66. The lowest BCUT2D eigenvalue weighted by Gasteiger charge is -2.23. The molecule has 1 aromatic carbocycles. The molecule has 2 aromatic rings. The van der Waals surface area contributed by atoms with Crippen LogP contribution in [0.5, 0.6) is 0 Å². The average molecular weight is 405 g/mol. The third kappa shape index (κ3) is 4.06. The number of hydrogen-bond donors (Lipinski definition) is 2. The molecular formula is C21H25FN2O3S. The molecule has 2 N–H and O–H groups in total. The van der Waals surface area contributed by atoms with E-state index in [1.807, 2.05) is 23.9 Å². The van der Waals surface area contributed by atoms with Crippen LogP contribution in [-0.2, 0) is 9.47 Å². The number of likely N-dealkylation sites (N-methyl/N-ethyl adjacent to an activating group) is 1. The van der Waals surface area contributed by atoms with Crippen molar-refractivity contribution in [3.63, 3.8) is 0 Å². The molecule has 0 radical (unpaired) electrons. The van der Waals surface area contributed by atoms with E-state index in [1.54, 1.807) is 6.07 Å². The summed E-state index contributed by atoms with van der Waals surface area (Å²) in [4.78, 5) is 12.6. The first kappa shape index (κ1) is 19.4. The first-order valence-electron chi connectivity index (χ1n) is 9.71. The van der Waals surface area contributed by atoms with Crippen LogP contribution in [-0.4, -0.2) is 37.5 Å². The number of halogens is 1. The van der Waals surface area contributed by atoms with Crippen LogP contribution in [0, 0.1) is 11.7 Å². The van der Waals surface area contributed by atoms with Crippen LogP contribution in [0.25, 0.3) is 11.1 Å². The van der Waals surface area contributed by atoms with Gasteiger partial charge in [0.05, 0.1) is 17.9 Å². The minimum Gasteiger partial charge on any atom is -0.446 e. The van der Waals surface area contributed by atoms with Crippen LogP contribution in [0.15, 0.2) is 35.0 Å². The standard InChI is InChI=1S/C21H25FN2O3S/c1-3-12-8-15(10-18(23-2)20-19(12)27-20)26-21(25)24-17-5-4-14(22)9-16(17)13-6-7-28-11-13/h4-7,9,11-12,15,18-20,23H,3,8,10H2,1-2H3,(H,24,25)/t12-,15-,18+,19-,20+/m0/s1. The van der Waals surface area contributed by atoms with Gasteiger partial charge in [-0.15, -0.1) is 0 Å². The minimum absolute atomic E-state index is 0.177. The fourth-order valence-electron chi connectivity index (χ4n) is 4.17. The van der Waals surface area contributed by atoms with Gasteiger partial charge in [-0.05, 0) is 60.0 Å². The van der Waals surface area contributed by atoms with E-state index in [2.05, 4.69) is 17.6 Å². The van der Waals surface area contributed by atoms with Gasteiger partial charge in [0.25, 0.3) is 0 Å². The lowest BCUT2D eigenvalue weighted by molar-refractivity contribution is 0.0742. The van der Waals surface area contributed by atoms with Gasteiger partial charge < -0.3 is 14.8 Å². The molecule has 4 rings (SSSR count). The summed E-state index contributed by atoms with van der Waals surface area (Å²) in [5.41, 5.74) is 2.06. The van der Waals surface area contributed by atoms with Gasteiger partial charge in [0.15, 0.2) is 0 Å². The van der Waals surface area contributed by atoms with Crippen molar-refractivity contribution in [2.24, 2.45) is 5.92 Å². The predicted octanol–water partition coefficient (Wildman–Crippen LogP) is 4.65. The maximum absolute atomic E-state index is 13.7. The van der Waals surface area contributed by atoms with Gasteiger partial charge in [0.2, 0.25) is 0 Å². The van der Waals surface area contributed by atoms with Crippen LogP contribution >= 0.6 is 11.3 Å². The van der Waals surface area contributed by atoms with Crippen molar-refractivity contribution in [1.82, 2.24) is 5.32 Å². The molecule has 1 aliphatic carbocycles. The normalized spacial score (nSPS) is 28.9. The number of carbonyl (C=O) groups is 1. The van der Waals surface area contributed by atoms with Gasteiger partial charge in [-0.3, -0.25) is 5.32 Å². The largest absolute Gasteiger partial charge is 0.446 e. The summed E-state index contributed by atoms with van der Waals surface area (Å²) in [6.07, 6.45) is 2.32. The van der Waals surface area contributed by atoms with Crippen molar-refractivity contribution in [3.05, 3.63) is 40.8 Å².